The van der Waals surface area contributed by atoms with Gasteiger partial charge in [0.15, 0.2) is 5.13 Å². The fourth-order valence-corrected chi connectivity index (χ4v) is 5.95. The highest BCUT2D eigenvalue weighted by Gasteiger charge is 2.57. The standard InChI is InChI=1S/C25H30N4O2S/c1-18-7-8-21-20(16-18)24(2,3)25(27-22(30)9-11-29(21)25)10-5-4-6-19-17-26-23(32-19)28-12-14-31-15-13-28/h4-8,10,16-17H,9,11-15H2,1-3H3,(H,27,30). The van der Waals surface area contributed by atoms with E-state index in [-0.39, 0.29) is 11.3 Å². The van der Waals surface area contributed by atoms with Crippen LogP contribution in [-0.2, 0) is 14.9 Å². The Bertz CT molecular complexity index is 1080. The number of benzene rings is 1. The van der Waals surface area contributed by atoms with Gasteiger partial charge in [-0.1, -0.05) is 55.0 Å². The van der Waals surface area contributed by atoms with Crippen molar-refractivity contribution in [2.24, 2.45) is 0 Å². The number of hydrogen-bond acceptors (Lipinski definition) is 6. The average Bonchev–Trinajstić information content (AvgIpc) is 3.32. The number of thiazole rings is 1. The Labute approximate surface area is 193 Å². The minimum absolute atomic E-state index is 0.102. The number of ether oxygens (including phenoxy) is 1. The maximum atomic E-state index is 12.5. The normalized spacial score (nSPS) is 24.8. The Kier molecular flexibility index (Phi) is 5.34. The van der Waals surface area contributed by atoms with Crippen molar-refractivity contribution in [3.05, 3.63) is 58.6 Å². The van der Waals surface area contributed by atoms with Gasteiger partial charge >= 0.3 is 0 Å². The maximum Gasteiger partial charge on any atom is 0.223 e. The number of aryl methyl sites for hydroxylation is 1. The lowest BCUT2D eigenvalue weighted by Crippen LogP contribution is -2.68. The highest BCUT2D eigenvalue weighted by Crippen LogP contribution is 2.52. The summed E-state index contributed by atoms with van der Waals surface area (Å²) in [5.41, 5.74) is 2.90. The van der Waals surface area contributed by atoms with Crippen LogP contribution in [-0.4, -0.2) is 49.4 Å². The van der Waals surface area contributed by atoms with Gasteiger partial charge in [-0.05, 0) is 30.7 Å². The number of hydrogen-bond donors (Lipinski definition) is 1. The van der Waals surface area contributed by atoms with Crippen LogP contribution in [0.5, 0.6) is 0 Å². The molecule has 3 aliphatic rings. The second kappa shape index (κ2) is 8.05. The van der Waals surface area contributed by atoms with Crippen LogP contribution in [0.1, 0.15) is 36.3 Å². The van der Waals surface area contributed by atoms with Crippen molar-refractivity contribution >= 4 is 34.1 Å². The number of fused-ring (bicyclic) bond motifs is 3. The third-order valence-corrected chi connectivity index (χ3v) is 7.91. The lowest BCUT2D eigenvalue weighted by Gasteiger charge is -2.49. The van der Waals surface area contributed by atoms with Gasteiger partial charge in [-0.2, -0.15) is 0 Å². The minimum atomic E-state index is -0.574. The van der Waals surface area contributed by atoms with E-state index >= 15 is 0 Å². The van der Waals surface area contributed by atoms with E-state index in [4.69, 9.17) is 4.74 Å². The predicted molar refractivity (Wildman–Crippen MR) is 130 cm³/mol. The first-order valence-corrected chi connectivity index (χ1v) is 12.1. The summed E-state index contributed by atoms with van der Waals surface area (Å²) in [6.07, 6.45) is 10.8. The van der Waals surface area contributed by atoms with Crippen LogP contribution in [0.15, 0.2) is 42.6 Å². The van der Waals surface area contributed by atoms with Gasteiger partial charge in [-0.3, -0.25) is 4.79 Å². The Hall–Kier alpha value is -2.64. The van der Waals surface area contributed by atoms with Crippen LogP contribution >= 0.6 is 11.3 Å². The molecule has 0 spiro atoms. The van der Waals surface area contributed by atoms with E-state index in [1.807, 2.05) is 6.20 Å². The molecule has 3 aliphatic heterocycles. The molecular formula is C25H30N4O2S. The molecule has 1 aromatic heterocycles. The largest absolute Gasteiger partial charge is 0.378 e. The molecule has 32 heavy (non-hydrogen) atoms. The quantitative estimate of drug-likeness (QED) is 0.717. The van der Waals surface area contributed by atoms with Crippen molar-refractivity contribution in [3.63, 3.8) is 0 Å². The third kappa shape index (κ3) is 3.44. The SMILES string of the molecule is Cc1ccc2c(c1)C(C)(C)C1(C=CC=Cc3cnc(N4CCOCC4)s3)NC(=O)CCN21. The number of aromatic nitrogens is 1. The molecule has 1 unspecified atom stereocenters. The van der Waals surface area contributed by atoms with Crippen LogP contribution in [0.2, 0.25) is 0 Å². The fourth-order valence-electron chi connectivity index (χ4n) is 5.07. The van der Waals surface area contributed by atoms with Crippen molar-refractivity contribution in [2.75, 3.05) is 42.6 Å². The third-order valence-electron chi connectivity index (χ3n) is 6.89. The predicted octanol–water partition coefficient (Wildman–Crippen LogP) is 3.87. The van der Waals surface area contributed by atoms with Crippen molar-refractivity contribution in [1.29, 1.82) is 0 Å². The second-order valence-electron chi connectivity index (χ2n) is 9.22. The number of carbonyl (C=O) groups excluding carboxylic acids is 1. The number of morpholine rings is 1. The molecule has 1 N–H and O–H groups in total. The summed E-state index contributed by atoms with van der Waals surface area (Å²) < 4.78 is 5.43. The highest BCUT2D eigenvalue weighted by molar-refractivity contribution is 7.16. The van der Waals surface area contributed by atoms with E-state index in [9.17, 15) is 4.79 Å². The van der Waals surface area contributed by atoms with Gasteiger partial charge in [0.05, 0.1) is 13.2 Å². The Morgan fingerprint density at radius 1 is 1.19 bits per heavy atom. The van der Waals surface area contributed by atoms with E-state index in [1.165, 1.54) is 16.8 Å². The molecule has 2 fully saturated rings. The summed E-state index contributed by atoms with van der Waals surface area (Å²) in [7, 11) is 0. The highest BCUT2D eigenvalue weighted by atomic mass is 32.1. The average molecular weight is 451 g/mol. The van der Waals surface area contributed by atoms with Gasteiger partial charge in [0.2, 0.25) is 5.91 Å². The second-order valence-corrected chi connectivity index (χ2v) is 10.3. The Balaban J connectivity index is 1.40. The molecule has 168 valence electrons. The maximum absolute atomic E-state index is 12.5. The first-order valence-electron chi connectivity index (χ1n) is 11.2. The molecule has 0 saturated carbocycles. The van der Waals surface area contributed by atoms with Gasteiger partial charge in [0.1, 0.15) is 5.66 Å². The molecule has 2 saturated heterocycles. The summed E-state index contributed by atoms with van der Waals surface area (Å²) in [4.78, 5) is 22.8. The number of amides is 1. The molecule has 0 bridgehead atoms. The zero-order chi connectivity index (χ0) is 22.3. The molecule has 1 aromatic carbocycles. The van der Waals surface area contributed by atoms with Crippen LogP contribution in [0.25, 0.3) is 6.08 Å². The van der Waals surface area contributed by atoms with Gasteiger partial charge in [-0.15, -0.1) is 0 Å². The minimum Gasteiger partial charge on any atom is -0.378 e. The first kappa shape index (κ1) is 21.2. The van der Waals surface area contributed by atoms with Crippen LogP contribution in [0.3, 0.4) is 0 Å². The topological polar surface area (TPSA) is 57.7 Å². The Morgan fingerprint density at radius 3 is 2.81 bits per heavy atom. The summed E-state index contributed by atoms with van der Waals surface area (Å²) in [6, 6.07) is 6.61. The van der Waals surface area contributed by atoms with Crippen LogP contribution in [0.4, 0.5) is 10.8 Å². The zero-order valence-corrected chi connectivity index (χ0v) is 19.7. The fraction of sp³-hybridized carbons (Fsp3) is 0.440. The van der Waals surface area contributed by atoms with Crippen LogP contribution < -0.4 is 15.1 Å². The van der Waals surface area contributed by atoms with Crippen molar-refractivity contribution in [2.45, 2.75) is 38.3 Å². The number of allylic oxidation sites excluding steroid dienone is 2. The van der Waals surface area contributed by atoms with Gasteiger partial charge in [0.25, 0.3) is 0 Å². The summed E-state index contributed by atoms with van der Waals surface area (Å²) in [5.74, 6) is 0.102. The summed E-state index contributed by atoms with van der Waals surface area (Å²) in [5, 5.41) is 4.38. The Morgan fingerprint density at radius 2 is 2.00 bits per heavy atom. The van der Waals surface area contributed by atoms with Gasteiger partial charge in [-0.25, -0.2) is 4.98 Å². The summed E-state index contributed by atoms with van der Waals surface area (Å²) >= 11 is 1.69. The number of anilines is 2. The van der Waals surface area contributed by atoms with Crippen molar-refractivity contribution in [3.8, 4) is 0 Å². The molecule has 5 rings (SSSR count). The summed E-state index contributed by atoms with van der Waals surface area (Å²) in [6.45, 7) is 10.6. The van der Waals surface area contributed by atoms with Crippen molar-refractivity contribution in [1.82, 2.24) is 10.3 Å². The first-order chi connectivity index (χ1) is 15.4. The molecule has 0 radical (unpaired) electrons. The monoisotopic (exact) mass is 450 g/mol. The van der Waals surface area contributed by atoms with Gasteiger partial charge in [0, 0.05) is 48.2 Å². The molecule has 1 atom stereocenters. The molecule has 2 aromatic rings. The lowest BCUT2D eigenvalue weighted by molar-refractivity contribution is -0.124. The number of nitrogens with zero attached hydrogens (tertiary/aromatic N) is 3. The van der Waals surface area contributed by atoms with Crippen LogP contribution in [0, 0.1) is 6.92 Å². The van der Waals surface area contributed by atoms with E-state index in [0.29, 0.717) is 6.42 Å². The number of carbonyl (C=O) groups is 1. The van der Waals surface area contributed by atoms with Crippen molar-refractivity contribution < 1.29 is 9.53 Å². The van der Waals surface area contributed by atoms with E-state index in [0.717, 1.165) is 42.9 Å². The molecule has 0 aliphatic carbocycles. The smallest absolute Gasteiger partial charge is 0.223 e. The van der Waals surface area contributed by atoms with E-state index in [1.54, 1.807) is 11.3 Å². The van der Waals surface area contributed by atoms with E-state index in [2.05, 4.69) is 83.4 Å². The molecule has 4 heterocycles. The number of rotatable bonds is 4. The molecule has 6 nitrogen and oxygen atoms in total. The molecule has 1 amide bonds. The zero-order valence-electron chi connectivity index (χ0n) is 18.9. The van der Waals surface area contributed by atoms with E-state index < -0.39 is 5.66 Å². The van der Waals surface area contributed by atoms with Gasteiger partial charge < -0.3 is 19.9 Å². The molecule has 7 heteroatoms. The molecular weight excluding hydrogens is 420 g/mol. The lowest BCUT2D eigenvalue weighted by atomic mass is 9.74. The number of nitrogens with one attached hydrogen (secondary N) is 1.